The summed E-state index contributed by atoms with van der Waals surface area (Å²) < 4.78 is 7.46. The lowest BCUT2D eigenvalue weighted by molar-refractivity contribution is 0.415. The Balaban J connectivity index is 1.82. The predicted molar refractivity (Wildman–Crippen MR) is 136 cm³/mol. The van der Waals surface area contributed by atoms with Crippen LogP contribution in [0.2, 0.25) is 0 Å². The third kappa shape index (κ3) is 3.85. The Morgan fingerprint density at radius 1 is 0.848 bits per heavy atom. The summed E-state index contributed by atoms with van der Waals surface area (Å²) in [6.45, 7) is 2.04. The molecule has 2 heterocycles. The lowest BCUT2D eigenvalue weighted by Crippen LogP contribution is -2.09. The molecule has 6 heteroatoms. The van der Waals surface area contributed by atoms with Crippen LogP contribution in [0.4, 0.5) is 5.82 Å². The highest BCUT2D eigenvalue weighted by molar-refractivity contribution is 7.71. The molecule has 0 aliphatic carbocycles. The van der Waals surface area contributed by atoms with E-state index in [1.165, 1.54) is 0 Å². The first-order valence-electron chi connectivity index (χ1n) is 10.6. The highest BCUT2D eigenvalue weighted by Crippen LogP contribution is 2.35. The Morgan fingerprint density at radius 3 is 2.21 bits per heavy atom. The molecule has 0 aliphatic rings. The minimum Gasteiger partial charge on any atom is -0.497 e. The molecule has 162 valence electrons. The van der Waals surface area contributed by atoms with Gasteiger partial charge in [-0.25, -0.2) is 4.98 Å². The zero-order chi connectivity index (χ0) is 22.9. The second kappa shape index (κ2) is 8.48. The van der Waals surface area contributed by atoms with Crippen LogP contribution >= 0.6 is 12.2 Å². The maximum absolute atomic E-state index is 6.75. The Kier molecular flexibility index (Phi) is 5.36. The third-order valence-electron chi connectivity index (χ3n) is 5.65. The van der Waals surface area contributed by atoms with Gasteiger partial charge in [0, 0.05) is 11.3 Å². The molecular formula is C27H22N4OS. The van der Waals surface area contributed by atoms with E-state index in [1.807, 2.05) is 73.7 Å². The molecule has 0 fully saturated rings. The maximum atomic E-state index is 6.75. The number of ether oxygens (including phenoxy) is 1. The topological polar surface area (TPSA) is 66.0 Å². The van der Waals surface area contributed by atoms with Crippen LogP contribution in [0.15, 0.2) is 84.9 Å². The van der Waals surface area contributed by atoms with Gasteiger partial charge in [0.15, 0.2) is 5.65 Å². The fourth-order valence-electron chi connectivity index (χ4n) is 3.92. The predicted octanol–water partition coefficient (Wildman–Crippen LogP) is 6.38. The Bertz CT molecular complexity index is 1510. The first kappa shape index (κ1) is 20.8. The first-order chi connectivity index (χ1) is 16.0. The van der Waals surface area contributed by atoms with Gasteiger partial charge in [0.05, 0.1) is 18.2 Å². The largest absolute Gasteiger partial charge is 0.497 e. The molecule has 0 aliphatic heterocycles. The summed E-state index contributed by atoms with van der Waals surface area (Å²) >= 11 is 5.65. The van der Waals surface area contributed by atoms with Crippen LogP contribution in [0.25, 0.3) is 39.1 Å². The van der Waals surface area contributed by atoms with Crippen LogP contribution < -0.4 is 10.5 Å². The molecule has 0 unspecified atom stereocenters. The number of benzene rings is 3. The minimum atomic E-state index is 0.363. The summed E-state index contributed by atoms with van der Waals surface area (Å²) in [6.07, 6.45) is 0. The van der Waals surface area contributed by atoms with Crippen molar-refractivity contribution in [3.8, 4) is 33.8 Å². The molecule has 0 amide bonds. The lowest BCUT2D eigenvalue weighted by atomic mass is 9.99. The summed E-state index contributed by atoms with van der Waals surface area (Å²) in [5.74, 6) is 1.30. The summed E-state index contributed by atoms with van der Waals surface area (Å²) in [4.78, 5) is 9.55. The molecule has 0 bridgehead atoms. The van der Waals surface area contributed by atoms with Crippen molar-refractivity contribution in [2.24, 2.45) is 0 Å². The first-order valence-corrected chi connectivity index (χ1v) is 11.0. The van der Waals surface area contributed by atoms with Crippen molar-refractivity contribution < 1.29 is 4.74 Å². The number of nitrogens with two attached hydrogens (primary N) is 1. The number of nitrogens with zero attached hydrogens (tertiary/aromatic N) is 3. The van der Waals surface area contributed by atoms with Gasteiger partial charge in [0.2, 0.25) is 4.77 Å². The summed E-state index contributed by atoms with van der Waals surface area (Å²) in [5.41, 5.74) is 13.0. The summed E-state index contributed by atoms with van der Waals surface area (Å²) in [6, 6.07) is 28.0. The normalized spacial score (nSPS) is 11.0. The van der Waals surface area contributed by atoms with E-state index >= 15 is 0 Å². The van der Waals surface area contributed by atoms with Crippen molar-refractivity contribution in [1.82, 2.24) is 14.5 Å². The lowest BCUT2D eigenvalue weighted by Gasteiger charge is -2.17. The number of anilines is 1. The Hall–Kier alpha value is -4.03. The van der Waals surface area contributed by atoms with Gasteiger partial charge >= 0.3 is 0 Å². The van der Waals surface area contributed by atoms with Gasteiger partial charge in [-0.1, -0.05) is 48.0 Å². The van der Waals surface area contributed by atoms with Crippen molar-refractivity contribution in [3.05, 3.63) is 95.3 Å². The van der Waals surface area contributed by atoms with Crippen LogP contribution in [0.1, 0.15) is 5.56 Å². The van der Waals surface area contributed by atoms with Gasteiger partial charge in [-0.15, -0.1) is 0 Å². The summed E-state index contributed by atoms with van der Waals surface area (Å²) in [5, 5.41) is 0.771. The number of methoxy groups -OCH3 is 1. The molecule has 0 saturated heterocycles. The van der Waals surface area contributed by atoms with Gasteiger partial charge < -0.3 is 10.5 Å². The molecular weight excluding hydrogens is 428 g/mol. The molecule has 0 spiro atoms. The molecule has 2 aromatic heterocycles. The van der Waals surface area contributed by atoms with Crippen molar-refractivity contribution in [2.45, 2.75) is 6.92 Å². The van der Waals surface area contributed by atoms with E-state index < -0.39 is 0 Å². The van der Waals surface area contributed by atoms with E-state index in [1.54, 1.807) is 11.7 Å². The number of hydrogen-bond donors (Lipinski definition) is 1. The van der Waals surface area contributed by atoms with Gasteiger partial charge in [-0.3, -0.25) is 4.57 Å². The number of fused-ring (bicyclic) bond motifs is 1. The van der Waals surface area contributed by atoms with Crippen molar-refractivity contribution in [2.75, 3.05) is 12.8 Å². The third-order valence-corrected chi connectivity index (χ3v) is 5.93. The van der Waals surface area contributed by atoms with Crippen LogP contribution in [-0.4, -0.2) is 21.6 Å². The second-order valence-electron chi connectivity index (χ2n) is 7.80. The van der Waals surface area contributed by atoms with E-state index in [-0.39, 0.29) is 0 Å². The maximum Gasteiger partial charge on any atom is 0.207 e. The van der Waals surface area contributed by atoms with Crippen LogP contribution in [0.5, 0.6) is 5.75 Å². The van der Waals surface area contributed by atoms with E-state index in [4.69, 9.17) is 32.7 Å². The zero-order valence-electron chi connectivity index (χ0n) is 18.3. The fraction of sp³-hybridized carbons (Fsp3) is 0.0741. The fourth-order valence-corrected chi connectivity index (χ4v) is 4.21. The highest BCUT2D eigenvalue weighted by Gasteiger charge is 2.17. The number of pyridine rings is 1. The smallest absolute Gasteiger partial charge is 0.207 e. The molecule has 0 radical (unpaired) electrons. The molecule has 3 aromatic carbocycles. The van der Waals surface area contributed by atoms with Gasteiger partial charge in [-0.05, 0) is 72.7 Å². The second-order valence-corrected chi connectivity index (χ2v) is 8.16. The van der Waals surface area contributed by atoms with Crippen molar-refractivity contribution in [3.63, 3.8) is 0 Å². The van der Waals surface area contributed by atoms with Crippen LogP contribution in [-0.2, 0) is 0 Å². The minimum absolute atomic E-state index is 0.363. The molecule has 33 heavy (non-hydrogen) atoms. The van der Waals surface area contributed by atoms with Gasteiger partial charge in [0.1, 0.15) is 11.6 Å². The average molecular weight is 451 g/mol. The monoisotopic (exact) mass is 450 g/mol. The zero-order valence-corrected chi connectivity index (χ0v) is 19.1. The van der Waals surface area contributed by atoms with Crippen LogP contribution in [0, 0.1) is 11.7 Å². The number of aryl methyl sites for hydroxylation is 1. The molecule has 5 nitrogen and oxygen atoms in total. The molecule has 5 rings (SSSR count). The Morgan fingerprint density at radius 2 is 1.55 bits per heavy atom. The number of aromatic nitrogens is 3. The molecule has 5 aromatic rings. The molecule has 0 saturated carbocycles. The summed E-state index contributed by atoms with van der Waals surface area (Å²) in [7, 11) is 1.65. The van der Waals surface area contributed by atoms with Crippen molar-refractivity contribution in [1.29, 1.82) is 0 Å². The standard InChI is InChI=1S/C27H22N4OS/c1-17-8-12-20(13-9-17)31-25(28)24-22(18-6-4-3-5-7-18)16-23(29-26(24)30-27(31)33)19-10-14-21(32-2)15-11-19/h3-16H,28H2,1-2H3. The van der Waals surface area contributed by atoms with Crippen molar-refractivity contribution >= 4 is 29.1 Å². The number of rotatable bonds is 4. The van der Waals surface area contributed by atoms with E-state index in [0.717, 1.165) is 44.8 Å². The quantitative estimate of drug-likeness (QED) is 0.322. The van der Waals surface area contributed by atoms with Gasteiger partial charge in [0.25, 0.3) is 0 Å². The van der Waals surface area contributed by atoms with Crippen LogP contribution in [0.3, 0.4) is 0 Å². The molecule has 2 N–H and O–H groups in total. The van der Waals surface area contributed by atoms with E-state index in [0.29, 0.717) is 16.2 Å². The van der Waals surface area contributed by atoms with E-state index in [9.17, 15) is 0 Å². The SMILES string of the molecule is COc1ccc(-c2cc(-c3ccccc3)c3c(N)n(-c4ccc(C)cc4)c(=S)nc3n2)cc1. The number of hydrogen-bond acceptors (Lipinski definition) is 5. The number of nitrogen functional groups attached to an aromatic ring is 1. The van der Waals surface area contributed by atoms with Gasteiger partial charge in [-0.2, -0.15) is 4.98 Å². The highest BCUT2D eigenvalue weighted by atomic mass is 32.1. The Labute approximate surface area is 197 Å². The van der Waals surface area contributed by atoms with E-state index in [2.05, 4.69) is 18.2 Å². The average Bonchev–Trinajstić information content (AvgIpc) is 2.85. The molecule has 0 atom stereocenters.